The van der Waals surface area contributed by atoms with Crippen LogP contribution in [0.2, 0.25) is 10.0 Å². The third kappa shape index (κ3) is 4.07. The number of carbonyl (C=O) groups is 2. The summed E-state index contributed by atoms with van der Waals surface area (Å²) in [4.78, 5) is 26.3. The Morgan fingerprint density at radius 3 is 2.50 bits per heavy atom. The molecular weight excluding hydrogens is 425 g/mol. The number of aliphatic hydroxyl groups is 1. The van der Waals surface area contributed by atoms with Crippen molar-refractivity contribution in [1.29, 1.82) is 0 Å². The zero-order valence-electron chi connectivity index (χ0n) is 17.5. The van der Waals surface area contributed by atoms with E-state index in [1.165, 1.54) is 17.9 Å². The van der Waals surface area contributed by atoms with Crippen molar-refractivity contribution >= 4 is 40.6 Å². The van der Waals surface area contributed by atoms with Gasteiger partial charge in [-0.2, -0.15) is 0 Å². The van der Waals surface area contributed by atoms with E-state index in [1.807, 2.05) is 25.1 Å². The standard InChI is InChI=1S/C23H25Cl2NO4/c1-13(2)16-6-5-14(3)11-19(16)30-10-9-26-21-18(25)8-7-17(24)20(21)23(29,22(26)28)12-15(4)27/h5-8,11,13,29H,9-10,12H2,1-4H3. The van der Waals surface area contributed by atoms with E-state index < -0.39 is 11.5 Å². The van der Waals surface area contributed by atoms with Crippen molar-refractivity contribution in [3.8, 4) is 5.75 Å². The number of ketones is 1. The van der Waals surface area contributed by atoms with E-state index in [-0.39, 0.29) is 46.9 Å². The molecule has 1 unspecified atom stereocenters. The van der Waals surface area contributed by atoms with Gasteiger partial charge < -0.3 is 14.7 Å². The maximum Gasteiger partial charge on any atom is 0.264 e. The fourth-order valence-electron chi connectivity index (χ4n) is 3.86. The van der Waals surface area contributed by atoms with Gasteiger partial charge in [0.1, 0.15) is 18.1 Å². The van der Waals surface area contributed by atoms with Crippen molar-refractivity contribution < 1.29 is 19.4 Å². The van der Waals surface area contributed by atoms with Crippen molar-refractivity contribution in [2.24, 2.45) is 0 Å². The van der Waals surface area contributed by atoms with Crippen molar-refractivity contribution in [1.82, 2.24) is 0 Å². The molecule has 0 saturated heterocycles. The second-order valence-electron chi connectivity index (χ2n) is 7.99. The zero-order valence-corrected chi connectivity index (χ0v) is 19.0. The van der Waals surface area contributed by atoms with Gasteiger partial charge in [-0.25, -0.2) is 0 Å². The lowest BCUT2D eigenvalue weighted by Gasteiger charge is -2.23. The highest BCUT2D eigenvalue weighted by molar-refractivity contribution is 6.38. The SMILES string of the molecule is CC(=O)CC1(O)C(=O)N(CCOc2cc(C)ccc2C(C)C)c2c(Cl)ccc(Cl)c21. The van der Waals surface area contributed by atoms with Crippen molar-refractivity contribution in [2.75, 3.05) is 18.1 Å². The van der Waals surface area contributed by atoms with E-state index >= 15 is 0 Å². The molecule has 0 bridgehead atoms. The average molecular weight is 450 g/mol. The highest BCUT2D eigenvalue weighted by Gasteiger charge is 2.52. The molecule has 0 spiro atoms. The number of nitrogens with zero attached hydrogens (tertiary/aromatic N) is 1. The summed E-state index contributed by atoms with van der Waals surface area (Å²) in [7, 11) is 0. The van der Waals surface area contributed by atoms with Gasteiger partial charge in [0.2, 0.25) is 0 Å². The van der Waals surface area contributed by atoms with E-state index in [1.54, 1.807) is 6.07 Å². The van der Waals surface area contributed by atoms with E-state index in [9.17, 15) is 14.7 Å². The number of fused-ring (bicyclic) bond motifs is 1. The van der Waals surface area contributed by atoms with Crippen LogP contribution >= 0.6 is 23.2 Å². The second-order valence-corrected chi connectivity index (χ2v) is 8.81. The van der Waals surface area contributed by atoms with Crippen molar-refractivity contribution in [2.45, 2.75) is 45.6 Å². The lowest BCUT2D eigenvalue weighted by molar-refractivity contribution is -0.141. The molecule has 2 aromatic rings. The smallest absolute Gasteiger partial charge is 0.264 e. The highest BCUT2D eigenvalue weighted by Crippen LogP contribution is 2.49. The summed E-state index contributed by atoms with van der Waals surface area (Å²) >= 11 is 12.7. The third-order valence-electron chi connectivity index (χ3n) is 5.23. The maximum absolute atomic E-state index is 13.1. The molecule has 0 fully saturated rings. The number of carbonyl (C=O) groups excluding carboxylic acids is 2. The quantitative estimate of drug-likeness (QED) is 0.644. The fraction of sp³-hybridized carbons (Fsp3) is 0.391. The minimum atomic E-state index is -2.03. The Morgan fingerprint density at radius 1 is 1.20 bits per heavy atom. The Kier molecular flexibility index (Phi) is 6.46. The molecule has 0 saturated carbocycles. The Balaban J connectivity index is 1.90. The summed E-state index contributed by atoms with van der Waals surface area (Å²) in [5, 5.41) is 11.6. The Labute approximate surface area is 186 Å². The summed E-state index contributed by atoms with van der Waals surface area (Å²) in [5.74, 6) is 0.0867. The number of aryl methyl sites for hydroxylation is 1. The van der Waals surface area contributed by atoms with Crippen LogP contribution in [-0.4, -0.2) is 29.9 Å². The van der Waals surface area contributed by atoms with Crippen LogP contribution in [0.5, 0.6) is 5.75 Å². The molecule has 1 amide bonds. The van der Waals surface area contributed by atoms with Crippen molar-refractivity contribution in [3.63, 3.8) is 0 Å². The van der Waals surface area contributed by atoms with E-state index in [0.717, 1.165) is 16.9 Å². The van der Waals surface area contributed by atoms with Crippen LogP contribution in [0.15, 0.2) is 30.3 Å². The van der Waals surface area contributed by atoms with Gasteiger partial charge in [-0.1, -0.05) is 49.2 Å². The molecule has 0 radical (unpaired) electrons. The van der Waals surface area contributed by atoms with E-state index in [0.29, 0.717) is 5.69 Å². The molecule has 7 heteroatoms. The molecule has 1 aliphatic rings. The first kappa shape index (κ1) is 22.6. The molecule has 2 aromatic carbocycles. The van der Waals surface area contributed by atoms with Crippen LogP contribution in [0.25, 0.3) is 0 Å². The summed E-state index contributed by atoms with van der Waals surface area (Å²) < 4.78 is 6.01. The lowest BCUT2D eigenvalue weighted by atomic mass is 9.90. The van der Waals surface area contributed by atoms with Gasteiger partial charge in [-0.3, -0.25) is 9.59 Å². The van der Waals surface area contributed by atoms with Gasteiger partial charge >= 0.3 is 0 Å². The highest BCUT2D eigenvalue weighted by atomic mass is 35.5. The van der Waals surface area contributed by atoms with Crippen LogP contribution in [0.1, 0.15) is 49.8 Å². The third-order valence-corrected chi connectivity index (χ3v) is 5.85. The summed E-state index contributed by atoms with van der Waals surface area (Å²) in [6.07, 6.45) is -0.369. The Hall–Kier alpha value is -2.08. The average Bonchev–Trinajstić information content (AvgIpc) is 2.86. The molecule has 1 atom stereocenters. The number of ether oxygens (including phenoxy) is 1. The molecule has 1 heterocycles. The van der Waals surface area contributed by atoms with Crippen LogP contribution in [0.3, 0.4) is 0 Å². The largest absolute Gasteiger partial charge is 0.491 e. The molecule has 1 aliphatic heterocycles. The van der Waals surface area contributed by atoms with Crippen LogP contribution < -0.4 is 9.64 Å². The van der Waals surface area contributed by atoms with Gasteiger partial charge in [0, 0.05) is 17.0 Å². The van der Waals surface area contributed by atoms with Gasteiger partial charge in [0.05, 0.1) is 17.3 Å². The minimum Gasteiger partial charge on any atom is -0.491 e. The van der Waals surface area contributed by atoms with Crippen LogP contribution in [-0.2, 0) is 15.2 Å². The molecule has 3 rings (SSSR count). The molecule has 0 aliphatic carbocycles. The first-order valence-electron chi connectivity index (χ1n) is 9.82. The molecule has 0 aromatic heterocycles. The number of hydrogen-bond acceptors (Lipinski definition) is 4. The van der Waals surface area contributed by atoms with Crippen LogP contribution in [0, 0.1) is 6.92 Å². The van der Waals surface area contributed by atoms with E-state index in [2.05, 4.69) is 13.8 Å². The van der Waals surface area contributed by atoms with E-state index in [4.69, 9.17) is 27.9 Å². The molecule has 5 nitrogen and oxygen atoms in total. The maximum atomic E-state index is 13.1. The number of hydrogen-bond donors (Lipinski definition) is 1. The lowest BCUT2D eigenvalue weighted by Crippen LogP contribution is -2.43. The normalized spacial score (nSPS) is 18.1. The topological polar surface area (TPSA) is 66.8 Å². The number of anilines is 1. The van der Waals surface area contributed by atoms with Gasteiger partial charge in [0.15, 0.2) is 5.60 Å². The monoisotopic (exact) mass is 449 g/mol. The number of rotatable bonds is 7. The Bertz CT molecular complexity index is 1000. The Morgan fingerprint density at radius 2 is 1.87 bits per heavy atom. The summed E-state index contributed by atoms with van der Waals surface area (Å²) in [6.45, 7) is 7.81. The predicted molar refractivity (Wildman–Crippen MR) is 119 cm³/mol. The van der Waals surface area contributed by atoms with Gasteiger partial charge in [-0.15, -0.1) is 0 Å². The van der Waals surface area contributed by atoms with Crippen LogP contribution in [0.4, 0.5) is 5.69 Å². The fourth-order valence-corrected chi connectivity index (χ4v) is 4.43. The summed E-state index contributed by atoms with van der Waals surface area (Å²) in [5.41, 5.74) is 0.617. The zero-order chi connectivity index (χ0) is 22.2. The molecule has 160 valence electrons. The van der Waals surface area contributed by atoms with Gasteiger partial charge in [0.25, 0.3) is 5.91 Å². The first-order valence-corrected chi connectivity index (χ1v) is 10.6. The number of halogens is 2. The summed E-state index contributed by atoms with van der Waals surface area (Å²) in [6, 6.07) is 9.12. The first-order chi connectivity index (χ1) is 14.1. The molecular formula is C23H25Cl2NO4. The number of Topliss-reactive ketones (excluding diaryl/α,β-unsaturated/α-hetero) is 1. The predicted octanol–water partition coefficient (Wildman–Crippen LogP) is 5.02. The molecule has 30 heavy (non-hydrogen) atoms. The molecule has 1 N–H and O–H groups in total. The minimum absolute atomic E-state index is 0.150. The van der Waals surface area contributed by atoms with Crippen molar-refractivity contribution in [3.05, 3.63) is 57.1 Å². The second kappa shape index (κ2) is 8.58. The number of benzene rings is 2. The van der Waals surface area contributed by atoms with Gasteiger partial charge in [-0.05, 0) is 49.1 Å². The number of amides is 1.